The van der Waals surface area contributed by atoms with E-state index in [1.54, 1.807) is 6.08 Å². The monoisotopic (exact) mass is 355 g/mol. The highest BCUT2D eigenvalue weighted by atomic mass is 19.1. The Morgan fingerprint density at radius 2 is 1.69 bits per heavy atom. The molecule has 0 unspecified atom stereocenters. The van der Waals surface area contributed by atoms with Gasteiger partial charge in [-0.25, -0.2) is 4.39 Å². The molecule has 2 saturated carbocycles. The Morgan fingerprint density at radius 1 is 1.04 bits per heavy atom. The van der Waals surface area contributed by atoms with Gasteiger partial charge in [-0.05, 0) is 80.9 Å². The first-order valence-corrected chi connectivity index (χ1v) is 9.68. The van der Waals surface area contributed by atoms with Gasteiger partial charge >= 0.3 is 5.97 Å². The summed E-state index contributed by atoms with van der Waals surface area (Å²) in [7, 11) is 0. The molecule has 0 radical (unpaired) electrons. The summed E-state index contributed by atoms with van der Waals surface area (Å²) in [4.78, 5) is 12.5. The minimum atomic E-state index is -0.205. The number of carbonyl (C=O) groups is 1. The molecule has 3 rings (SSSR count). The molecule has 2 aliphatic rings. The number of ether oxygens (including phenoxy) is 1. The van der Waals surface area contributed by atoms with E-state index in [4.69, 9.17) is 10.00 Å². The number of hydrogen-bond donors (Lipinski definition) is 0. The summed E-state index contributed by atoms with van der Waals surface area (Å²) in [5.74, 6) is 0.614. The van der Waals surface area contributed by atoms with E-state index in [0.717, 1.165) is 51.4 Å². The van der Waals surface area contributed by atoms with E-state index in [-0.39, 0.29) is 23.8 Å². The minimum absolute atomic E-state index is 0.00269. The standard InChI is InChI=1S/C22H26FNO2/c23-20-11-9-18(10-12-20)17-5-7-19(8-6-17)22(25)26-21-13-3-16(4-14-21)2-1-15-24/h1-2,9-12,16-17,19,21H,3-8,13-14H2/t16-,17-,19-,21-. The van der Waals surface area contributed by atoms with Gasteiger partial charge in [0.1, 0.15) is 11.9 Å². The first-order valence-electron chi connectivity index (χ1n) is 9.68. The molecule has 0 atom stereocenters. The number of allylic oxidation sites excluding steroid dienone is 2. The average Bonchev–Trinajstić information content (AvgIpc) is 2.68. The Morgan fingerprint density at radius 3 is 2.31 bits per heavy atom. The summed E-state index contributed by atoms with van der Waals surface area (Å²) >= 11 is 0. The van der Waals surface area contributed by atoms with Crippen molar-refractivity contribution in [2.24, 2.45) is 11.8 Å². The van der Waals surface area contributed by atoms with Crippen LogP contribution in [0, 0.1) is 29.0 Å². The van der Waals surface area contributed by atoms with Crippen molar-refractivity contribution in [3.63, 3.8) is 0 Å². The molecule has 1 aromatic carbocycles. The summed E-state index contributed by atoms with van der Waals surface area (Å²) in [5.41, 5.74) is 1.17. The first-order chi connectivity index (χ1) is 12.7. The van der Waals surface area contributed by atoms with Gasteiger partial charge in [0.25, 0.3) is 0 Å². The molecule has 1 aromatic rings. The SMILES string of the molecule is N#CC=C[C@H]1CC[C@H](OC(=O)[C@H]2CC[C@H](c3ccc(F)cc3)CC2)CC1. The second kappa shape index (κ2) is 8.98. The van der Waals surface area contributed by atoms with Crippen LogP contribution in [0.2, 0.25) is 0 Å². The zero-order valence-corrected chi connectivity index (χ0v) is 15.1. The Labute approximate surface area is 154 Å². The smallest absolute Gasteiger partial charge is 0.309 e. The van der Waals surface area contributed by atoms with Crippen molar-refractivity contribution in [3.05, 3.63) is 47.8 Å². The van der Waals surface area contributed by atoms with Crippen LogP contribution < -0.4 is 0 Å². The second-order valence-corrected chi connectivity index (χ2v) is 7.56. The molecule has 26 heavy (non-hydrogen) atoms. The molecule has 0 saturated heterocycles. The summed E-state index contributed by atoms with van der Waals surface area (Å²) in [6, 6.07) is 8.78. The predicted molar refractivity (Wildman–Crippen MR) is 97.7 cm³/mol. The number of esters is 1. The second-order valence-electron chi connectivity index (χ2n) is 7.56. The lowest BCUT2D eigenvalue weighted by Gasteiger charge is -2.31. The predicted octanol–water partition coefficient (Wildman–Crippen LogP) is 5.28. The highest BCUT2D eigenvalue weighted by molar-refractivity contribution is 5.72. The van der Waals surface area contributed by atoms with Crippen molar-refractivity contribution in [3.8, 4) is 6.07 Å². The van der Waals surface area contributed by atoms with Crippen molar-refractivity contribution >= 4 is 5.97 Å². The van der Waals surface area contributed by atoms with Crippen molar-refractivity contribution < 1.29 is 13.9 Å². The lowest BCUT2D eigenvalue weighted by atomic mass is 9.78. The minimum Gasteiger partial charge on any atom is -0.462 e. The number of nitrogens with zero attached hydrogens (tertiary/aromatic N) is 1. The van der Waals surface area contributed by atoms with Crippen LogP contribution in [0.5, 0.6) is 0 Å². The van der Waals surface area contributed by atoms with E-state index in [9.17, 15) is 9.18 Å². The Hall–Kier alpha value is -2.15. The van der Waals surface area contributed by atoms with Crippen LogP contribution in [0.25, 0.3) is 0 Å². The van der Waals surface area contributed by atoms with Crippen molar-refractivity contribution in [2.75, 3.05) is 0 Å². The largest absolute Gasteiger partial charge is 0.462 e. The molecule has 0 spiro atoms. The Balaban J connectivity index is 1.42. The van der Waals surface area contributed by atoms with E-state index in [1.807, 2.05) is 24.3 Å². The van der Waals surface area contributed by atoms with Gasteiger partial charge in [-0.1, -0.05) is 18.2 Å². The molecular formula is C22H26FNO2. The molecule has 4 heteroatoms. The van der Waals surface area contributed by atoms with Crippen LogP contribution in [0.4, 0.5) is 4.39 Å². The maximum atomic E-state index is 13.1. The highest BCUT2D eigenvalue weighted by Gasteiger charge is 2.30. The molecule has 0 N–H and O–H groups in total. The van der Waals surface area contributed by atoms with E-state index < -0.39 is 0 Å². The Bertz CT molecular complexity index is 660. The molecule has 0 amide bonds. The molecule has 0 heterocycles. The third-order valence-electron chi connectivity index (χ3n) is 5.85. The van der Waals surface area contributed by atoms with Gasteiger partial charge in [-0.2, -0.15) is 5.26 Å². The average molecular weight is 355 g/mol. The van der Waals surface area contributed by atoms with E-state index in [1.165, 1.54) is 17.7 Å². The topological polar surface area (TPSA) is 50.1 Å². The van der Waals surface area contributed by atoms with Gasteiger partial charge in [-0.15, -0.1) is 0 Å². The lowest BCUT2D eigenvalue weighted by molar-refractivity contribution is -0.157. The molecule has 0 aliphatic heterocycles. The van der Waals surface area contributed by atoms with Gasteiger partial charge in [0.05, 0.1) is 12.0 Å². The van der Waals surface area contributed by atoms with Gasteiger partial charge < -0.3 is 4.74 Å². The fourth-order valence-corrected chi connectivity index (χ4v) is 4.24. The van der Waals surface area contributed by atoms with Crippen LogP contribution in [-0.4, -0.2) is 12.1 Å². The molecular weight excluding hydrogens is 329 g/mol. The van der Waals surface area contributed by atoms with Crippen LogP contribution in [-0.2, 0) is 9.53 Å². The summed E-state index contributed by atoms with van der Waals surface area (Å²) < 4.78 is 18.8. The number of hydrogen-bond acceptors (Lipinski definition) is 3. The number of nitriles is 1. The van der Waals surface area contributed by atoms with Crippen molar-refractivity contribution in [2.45, 2.75) is 63.4 Å². The van der Waals surface area contributed by atoms with Crippen LogP contribution in [0.1, 0.15) is 62.8 Å². The van der Waals surface area contributed by atoms with Gasteiger partial charge in [0, 0.05) is 6.08 Å². The van der Waals surface area contributed by atoms with Crippen LogP contribution >= 0.6 is 0 Å². The van der Waals surface area contributed by atoms with Gasteiger partial charge in [0.15, 0.2) is 0 Å². The van der Waals surface area contributed by atoms with Gasteiger partial charge in [-0.3, -0.25) is 4.79 Å². The molecule has 0 bridgehead atoms. The fraction of sp³-hybridized carbons (Fsp3) is 0.545. The fourth-order valence-electron chi connectivity index (χ4n) is 4.24. The maximum absolute atomic E-state index is 13.1. The van der Waals surface area contributed by atoms with E-state index in [2.05, 4.69) is 0 Å². The molecule has 2 aliphatic carbocycles. The first kappa shape index (κ1) is 18.6. The van der Waals surface area contributed by atoms with Crippen molar-refractivity contribution in [1.82, 2.24) is 0 Å². The van der Waals surface area contributed by atoms with Crippen LogP contribution in [0.15, 0.2) is 36.4 Å². The van der Waals surface area contributed by atoms with Crippen LogP contribution in [0.3, 0.4) is 0 Å². The number of rotatable bonds is 4. The summed E-state index contributed by atoms with van der Waals surface area (Å²) in [6.45, 7) is 0. The molecule has 2 fully saturated rings. The van der Waals surface area contributed by atoms with Gasteiger partial charge in [0.2, 0.25) is 0 Å². The third-order valence-corrected chi connectivity index (χ3v) is 5.85. The normalized spacial score (nSPS) is 29.2. The number of benzene rings is 1. The molecule has 138 valence electrons. The quantitative estimate of drug-likeness (QED) is 0.545. The van der Waals surface area contributed by atoms with E-state index in [0.29, 0.717) is 11.8 Å². The zero-order valence-electron chi connectivity index (χ0n) is 15.1. The third kappa shape index (κ3) is 4.94. The van der Waals surface area contributed by atoms with E-state index >= 15 is 0 Å². The number of halogens is 1. The molecule has 3 nitrogen and oxygen atoms in total. The summed E-state index contributed by atoms with van der Waals surface area (Å²) in [5, 5.41) is 8.59. The maximum Gasteiger partial charge on any atom is 0.309 e. The zero-order chi connectivity index (χ0) is 18.4. The lowest BCUT2D eigenvalue weighted by Crippen LogP contribution is -2.29. The summed E-state index contributed by atoms with van der Waals surface area (Å²) in [6.07, 6.45) is 10.9. The number of carbonyl (C=O) groups excluding carboxylic acids is 1. The Kier molecular flexibility index (Phi) is 6.44. The highest BCUT2D eigenvalue weighted by Crippen LogP contribution is 2.37. The molecule has 0 aromatic heterocycles. The van der Waals surface area contributed by atoms with Crippen molar-refractivity contribution in [1.29, 1.82) is 5.26 Å².